The maximum Gasteiger partial charge on any atom is 0.302 e. The van der Waals surface area contributed by atoms with Crippen molar-refractivity contribution in [3.05, 3.63) is 63.7 Å². The van der Waals surface area contributed by atoms with Crippen LogP contribution in [0.15, 0.2) is 30.3 Å². The van der Waals surface area contributed by atoms with Gasteiger partial charge in [-0.25, -0.2) is 0 Å². The Morgan fingerprint density at radius 3 is 2.56 bits per heavy atom. The highest BCUT2D eigenvalue weighted by Gasteiger charge is 2.36. The Balaban J connectivity index is 1.75. The number of ketones is 2. The second-order valence-corrected chi connectivity index (χ2v) is 7.08. The van der Waals surface area contributed by atoms with Crippen LogP contribution in [0.4, 0.5) is 0 Å². The van der Waals surface area contributed by atoms with Gasteiger partial charge in [0.25, 0.3) is 0 Å². The predicted molar refractivity (Wildman–Crippen MR) is 98.4 cm³/mol. The maximum absolute atomic E-state index is 13.2. The first-order valence-electron chi connectivity index (χ1n) is 9.05. The molecule has 4 rings (SSSR count). The molecular formula is C22H20O5. The van der Waals surface area contributed by atoms with Crippen molar-refractivity contribution in [1.82, 2.24) is 0 Å². The van der Waals surface area contributed by atoms with E-state index in [0.29, 0.717) is 41.0 Å². The highest BCUT2D eigenvalue weighted by Crippen LogP contribution is 2.38. The average molecular weight is 364 g/mol. The molecule has 0 N–H and O–H groups in total. The van der Waals surface area contributed by atoms with Crippen LogP contribution in [0.5, 0.6) is 5.75 Å². The largest absolute Gasteiger partial charge is 0.496 e. The van der Waals surface area contributed by atoms with E-state index in [4.69, 9.17) is 9.47 Å². The van der Waals surface area contributed by atoms with Crippen molar-refractivity contribution in [2.45, 2.75) is 26.2 Å². The van der Waals surface area contributed by atoms with E-state index >= 15 is 0 Å². The van der Waals surface area contributed by atoms with Crippen LogP contribution in [-0.2, 0) is 22.4 Å². The van der Waals surface area contributed by atoms with E-state index in [1.807, 2.05) is 6.07 Å². The molecule has 5 nitrogen and oxygen atoms in total. The molecule has 1 atom stereocenters. The Bertz CT molecular complexity index is 973. The zero-order chi connectivity index (χ0) is 19.1. The minimum Gasteiger partial charge on any atom is -0.496 e. The molecule has 5 heteroatoms. The number of hydrogen-bond donors (Lipinski definition) is 0. The lowest BCUT2D eigenvalue weighted by Crippen LogP contribution is -2.27. The summed E-state index contributed by atoms with van der Waals surface area (Å²) < 4.78 is 10.5. The minimum atomic E-state index is -0.280. The van der Waals surface area contributed by atoms with Gasteiger partial charge in [0.05, 0.1) is 19.3 Å². The van der Waals surface area contributed by atoms with Crippen LogP contribution in [-0.4, -0.2) is 31.3 Å². The van der Waals surface area contributed by atoms with Gasteiger partial charge in [0.15, 0.2) is 11.6 Å². The Morgan fingerprint density at radius 1 is 1.07 bits per heavy atom. The molecule has 0 saturated carbocycles. The third-order valence-electron chi connectivity index (χ3n) is 5.43. The lowest BCUT2D eigenvalue weighted by atomic mass is 9.75. The summed E-state index contributed by atoms with van der Waals surface area (Å²) >= 11 is 0. The van der Waals surface area contributed by atoms with Gasteiger partial charge in [-0.15, -0.1) is 0 Å². The van der Waals surface area contributed by atoms with Crippen LogP contribution in [0.25, 0.3) is 0 Å². The third kappa shape index (κ3) is 2.83. The summed E-state index contributed by atoms with van der Waals surface area (Å²) in [4.78, 5) is 37.3. The van der Waals surface area contributed by atoms with Crippen molar-refractivity contribution < 1.29 is 23.9 Å². The zero-order valence-electron chi connectivity index (χ0n) is 15.3. The molecule has 0 spiro atoms. The SMILES string of the molecule is COc1cccc2c1C(=O)c1ccc3c(c1C2=O)CCC(COC(C)=O)C3. The van der Waals surface area contributed by atoms with Gasteiger partial charge in [-0.05, 0) is 48.4 Å². The number of methoxy groups -OCH3 is 1. The van der Waals surface area contributed by atoms with Crippen molar-refractivity contribution in [1.29, 1.82) is 0 Å². The Labute approximate surface area is 157 Å². The van der Waals surface area contributed by atoms with Gasteiger partial charge in [0, 0.05) is 23.6 Å². The predicted octanol–water partition coefficient (Wildman–Crippen LogP) is 3.14. The summed E-state index contributed by atoms with van der Waals surface area (Å²) in [7, 11) is 1.50. The van der Waals surface area contributed by atoms with Crippen LogP contribution in [0, 0.1) is 5.92 Å². The van der Waals surface area contributed by atoms with Gasteiger partial charge in [0.2, 0.25) is 0 Å². The smallest absolute Gasteiger partial charge is 0.302 e. The number of ether oxygens (including phenoxy) is 2. The Kier molecular flexibility index (Phi) is 4.30. The molecule has 0 amide bonds. The highest BCUT2D eigenvalue weighted by molar-refractivity contribution is 6.29. The maximum atomic E-state index is 13.2. The Morgan fingerprint density at radius 2 is 1.81 bits per heavy atom. The normalized spacial score (nSPS) is 17.6. The summed E-state index contributed by atoms with van der Waals surface area (Å²) in [5, 5.41) is 0. The standard InChI is InChI=1S/C22H20O5/c1-12(23)27-11-13-6-8-15-14(10-13)7-9-17-19(15)21(24)16-4-3-5-18(26-2)20(16)22(17)25/h3-5,7,9,13H,6,8,10-11H2,1-2H3. The van der Waals surface area contributed by atoms with Crippen molar-refractivity contribution in [3.8, 4) is 5.75 Å². The molecule has 0 saturated heterocycles. The van der Waals surface area contributed by atoms with Gasteiger partial charge in [-0.2, -0.15) is 0 Å². The Hall–Kier alpha value is -2.95. The number of esters is 1. The fourth-order valence-electron chi connectivity index (χ4n) is 4.15. The fraction of sp³-hybridized carbons (Fsp3) is 0.318. The second-order valence-electron chi connectivity index (χ2n) is 7.08. The first-order chi connectivity index (χ1) is 13.0. The van der Waals surface area contributed by atoms with E-state index in [0.717, 1.165) is 24.0 Å². The number of rotatable bonds is 3. The van der Waals surface area contributed by atoms with E-state index in [1.165, 1.54) is 14.0 Å². The first kappa shape index (κ1) is 17.5. The monoisotopic (exact) mass is 364 g/mol. The molecule has 0 aromatic heterocycles. The first-order valence-corrected chi connectivity index (χ1v) is 9.05. The minimum absolute atomic E-state index is 0.117. The van der Waals surface area contributed by atoms with Gasteiger partial charge in [0.1, 0.15) is 5.75 Å². The summed E-state index contributed by atoms with van der Waals surface area (Å²) in [5.74, 6) is 0.102. The quantitative estimate of drug-likeness (QED) is 0.668. The molecular weight excluding hydrogens is 344 g/mol. The van der Waals surface area contributed by atoms with Crippen LogP contribution in [0.3, 0.4) is 0 Å². The summed E-state index contributed by atoms with van der Waals surface area (Å²) in [6.07, 6.45) is 2.26. The van der Waals surface area contributed by atoms with E-state index in [-0.39, 0.29) is 23.5 Å². The molecule has 2 aliphatic rings. The zero-order valence-corrected chi connectivity index (χ0v) is 15.3. The summed E-state index contributed by atoms with van der Waals surface area (Å²) in [6, 6.07) is 8.80. The fourth-order valence-corrected chi connectivity index (χ4v) is 4.15. The summed E-state index contributed by atoms with van der Waals surface area (Å²) in [5.41, 5.74) is 3.75. The van der Waals surface area contributed by atoms with E-state index in [2.05, 4.69) is 0 Å². The molecule has 0 heterocycles. The molecule has 0 fully saturated rings. The third-order valence-corrected chi connectivity index (χ3v) is 5.43. The van der Waals surface area contributed by atoms with E-state index < -0.39 is 0 Å². The van der Waals surface area contributed by atoms with Crippen molar-refractivity contribution in [3.63, 3.8) is 0 Å². The van der Waals surface area contributed by atoms with Crippen LogP contribution < -0.4 is 4.74 Å². The number of hydrogen-bond acceptors (Lipinski definition) is 5. The van der Waals surface area contributed by atoms with Gasteiger partial charge in [-0.1, -0.05) is 18.2 Å². The molecule has 138 valence electrons. The van der Waals surface area contributed by atoms with Crippen LogP contribution >= 0.6 is 0 Å². The van der Waals surface area contributed by atoms with Crippen LogP contribution in [0.2, 0.25) is 0 Å². The van der Waals surface area contributed by atoms with Crippen molar-refractivity contribution in [2.24, 2.45) is 5.92 Å². The molecule has 2 aromatic rings. The van der Waals surface area contributed by atoms with E-state index in [1.54, 1.807) is 24.3 Å². The molecule has 27 heavy (non-hydrogen) atoms. The molecule has 1 unspecified atom stereocenters. The number of benzene rings is 2. The van der Waals surface area contributed by atoms with Crippen LogP contribution in [0.1, 0.15) is 56.3 Å². The van der Waals surface area contributed by atoms with E-state index in [9.17, 15) is 14.4 Å². The number of carbonyl (C=O) groups excluding carboxylic acids is 3. The lowest BCUT2D eigenvalue weighted by Gasteiger charge is -2.29. The highest BCUT2D eigenvalue weighted by atomic mass is 16.5. The molecule has 2 aliphatic carbocycles. The lowest BCUT2D eigenvalue weighted by molar-refractivity contribution is -0.142. The topological polar surface area (TPSA) is 69.7 Å². The number of fused-ring (bicyclic) bond motifs is 4. The van der Waals surface area contributed by atoms with Gasteiger partial charge in [-0.3, -0.25) is 14.4 Å². The molecule has 2 aromatic carbocycles. The molecule has 0 aliphatic heterocycles. The second kappa shape index (κ2) is 6.65. The molecule has 0 radical (unpaired) electrons. The van der Waals surface area contributed by atoms with Gasteiger partial charge >= 0.3 is 5.97 Å². The van der Waals surface area contributed by atoms with Crippen molar-refractivity contribution in [2.75, 3.05) is 13.7 Å². The average Bonchev–Trinajstić information content (AvgIpc) is 2.68. The number of carbonyl (C=O) groups is 3. The summed E-state index contributed by atoms with van der Waals surface area (Å²) in [6.45, 7) is 1.79. The van der Waals surface area contributed by atoms with Gasteiger partial charge < -0.3 is 9.47 Å². The van der Waals surface area contributed by atoms with Crippen molar-refractivity contribution >= 4 is 17.5 Å². The molecule has 0 bridgehead atoms.